The molecule has 0 spiro atoms. The minimum atomic E-state index is -0.131. The Labute approximate surface area is 126 Å². The number of rotatable bonds is 7. The third kappa shape index (κ3) is 5.73. The normalized spacial score (nSPS) is 16.6. The highest BCUT2D eigenvalue weighted by molar-refractivity contribution is 5.69. The fourth-order valence-electron chi connectivity index (χ4n) is 2.40. The Morgan fingerprint density at radius 1 is 1.05 bits per heavy atom. The fourth-order valence-corrected chi connectivity index (χ4v) is 2.40. The van der Waals surface area contributed by atoms with Gasteiger partial charge in [-0.05, 0) is 12.1 Å². The van der Waals surface area contributed by atoms with Gasteiger partial charge in [-0.1, -0.05) is 18.2 Å². The molecule has 1 aliphatic rings. The molecule has 1 aromatic rings. The van der Waals surface area contributed by atoms with Crippen molar-refractivity contribution in [2.75, 3.05) is 53.0 Å². The van der Waals surface area contributed by atoms with Crippen LogP contribution in [0.3, 0.4) is 0 Å². The number of hydrogen-bond donors (Lipinski definition) is 0. The van der Waals surface area contributed by atoms with E-state index in [1.165, 1.54) is 7.11 Å². The number of ether oxygens (including phenoxy) is 2. The number of carbonyl (C=O) groups is 1. The van der Waals surface area contributed by atoms with E-state index in [1.807, 2.05) is 30.3 Å². The number of methoxy groups -OCH3 is 1. The van der Waals surface area contributed by atoms with Gasteiger partial charge in [0.1, 0.15) is 12.4 Å². The van der Waals surface area contributed by atoms with Crippen LogP contribution in [0.25, 0.3) is 0 Å². The van der Waals surface area contributed by atoms with E-state index < -0.39 is 0 Å². The summed E-state index contributed by atoms with van der Waals surface area (Å²) in [5.74, 6) is 0.794. The zero-order valence-corrected chi connectivity index (χ0v) is 12.7. The van der Waals surface area contributed by atoms with Crippen LogP contribution >= 0.6 is 0 Å². The van der Waals surface area contributed by atoms with Gasteiger partial charge in [0.15, 0.2) is 0 Å². The molecule has 0 unspecified atom stereocenters. The number of nitrogens with zero attached hydrogens (tertiary/aromatic N) is 2. The topological polar surface area (TPSA) is 42.0 Å². The summed E-state index contributed by atoms with van der Waals surface area (Å²) in [6.45, 7) is 6.51. The van der Waals surface area contributed by atoms with Gasteiger partial charge >= 0.3 is 5.97 Å². The first-order valence-corrected chi connectivity index (χ1v) is 7.47. The van der Waals surface area contributed by atoms with Crippen LogP contribution in [0.1, 0.15) is 6.42 Å². The molecule has 0 atom stereocenters. The van der Waals surface area contributed by atoms with Crippen molar-refractivity contribution in [3.05, 3.63) is 30.3 Å². The molecule has 0 aromatic heterocycles. The van der Waals surface area contributed by atoms with Crippen molar-refractivity contribution < 1.29 is 14.3 Å². The minimum Gasteiger partial charge on any atom is -0.492 e. The smallest absolute Gasteiger partial charge is 0.306 e. The van der Waals surface area contributed by atoms with Crippen molar-refractivity contribution >= 4 is 5.97 Å². The van der Waals surface area contributed by atoms with Crippen molar-refractivity contribution in [2.45, 2.75) is 6.42 Å². The van der Waals surface area contributed by atoms with Crippen molar-refractivity contribution in [2.24, 2.45) is 0 Å². The quantitative estimate of drug-likeness (QED) is 0.708. The van der Waals surface area contributed by atoms with Gasteiger partial charge in [0, 0.05) is 39.3 Å². The summed E-state index contributed by atoms with van der Waals surface area (Å²) in [4.78, 5) is 15.8. The summed E-state index contributed by atoms with van der Waals surface area (Å²) in [5, 5.41) is 0. The standard InChI is InChI=1S/C16H24N2O3/c1-20-16(19)7-8-17-9-11-18(12-10-17)13-14-21-15-5-3-2-4-6-15/h2-6H,7-14H2,1H3. The zero-order valence-electron chi connectivity index (χ0n) is 12.7. The van der Waals surface area contributed by atoms with E-state index in [0.29, 0.717) is 13.0 Å². The van der Waals surface area contributed by atoms with Crippen molar-refractivity contribution in [3.8, 4) is 5.75 Å². The molecule has 0 N–H and O–H groups in total. The van der Waals surface area contributed by atoms with Gasteiger partial charge in [0.05, 0.1) is 13.5 Å². The maximum Gasteiger partial charge on any atom is 0.306 e. The van der Waals surface area contributed by atoms with Gasteiger partial charge < -0.3 is 14.4 Å². The fraction of sp³-hybridized carbons (Fsp3) is 0.562. The highest BCUT2D eigenvalue weighted by Gasteiger charge is 2.17. The molecule has 1 saturated heterocycles. The second-order valence-corrected chi connectivity index (χ2v) is 5.17. The summed E-state index contributed by atoms with van der Waals surface area (Å²) in [5.41, 5.74) is 0. The molecular formula is C16H24N2O3. The molecule has 5 heteroatoms. The van der Waals surface area contributed by atoms with E-state index in [2.05, 4.69) is 14.5 Å². The van der Waals surface area contributed by atoms with Crippen LogP contribution in [-0.2, 0) is 9.53 Å². The molecule has 0 bridgehead atoms. The van der Waals surface area contributed by atoms with Gasteiger partial charge in [-0.15, -0.1) is 0 Å². The summed E-state index contributed by atoms with van der Waals surface area (Å²) in [7, 11) is 1.44. The molecular weight excluding hydrogens is 268 g/mol. The first kappa shape index (κ1) is 15.8. The molecule has 1 aliphatic heterocycles. The summed E-state index contributed by atoms with van der Waals surface area (Å²) in [6, 6.07) is 9.90. The number of para-hydroxylation sites is 1. The second kappa shape index (κ2) is 8.64. The SMILES string of the molecule is COC(=O)CCN1CCN(CCOc2ccccc2)CC1. The molecule has 0 amide bonds. The lowest BCUT2D eigenvalue weighted by Gasteiger charge is -2.34. The molecule has 0 saturated carbocycles. The Hall–Kier alpha value is -1.59. The zero-order chi connectivity index (χ0) is 14.9. The molecule has 1 heterocycles. The Morgan fingerprint density at radius 3 is 2.29 bits per heavy atom. The molecule has 1 fully saturated rings. The van der Waals surface area contributed by atoms with Gasteiger partial charge in [0.2, 0.25) is 0 Å². The lowest BCUT2D eigenvalue weighted by atomic mass is 10.3. The number of piperazine rings is 1. The molecule has 0 aliphatic carbocycles. The summed E-state index contributed by atoms with van der Waals surface area (Å²) in [6.07, 6.45) is 0.480. The Balaban J connectivity index is 1.58. The highest BCUT2D eigenvalue weighted by Crippen LogP contribution is 2.08. The minimum absolute atomic E-state index is 0.131. The first-order valence-electron chi connectivity index (χ1n) is 7.47. The Bertz CT molecular complexity index is 417. The highest BCUT2D eigenvalue weighted by atomic mass is 16.5. The van der Waals surface area contributed by atoms with E-state index in [4.69, 9.17) is 4.74 Å². The van der Waals surface area contributed by atoms with Crippen LogP contribution in [0.15, 0.2) is 30.3 Å². The van der Waals surface area contributed by atoms with Crippen LogP contribution in [0.5, 0.6) is 5.75 Å². The van der Waals surface area contributed by atoms with Crippen LogP contribution in [0, 0.1) is 0 Å². The largest absolute Gasteiger partial charge is 0.492 e. The van der Waals surface area contributed by atoms with E-state index in [9.17, 15) is 4.79 Å². The van der Waals surface area contributed by atoms with Crippen LogP contribution in [0.4, 0.5) is 0 Å². The van der Waals surface area contributed by atoms with E-state index in [-0.39, 0.29) is 5.97 Å². The van der Waals surface area contributed by atoms with E-state index in [1.54, 1.807) is 0 Å². The molecule has 0 radical (unpaired) electrons. The lowest BCUT2D eigenvalue weighted by Crippen LogP contribution is -2.47. The van der Waals surface area contributed by atoms with Crippen LogP contribution in [-0.4, -0.2) is 68.8 Å². The predicted molar refractivity (Wildman–Crippen MR) is 81.5 cm³/mol. The van der Waals surface area contributed by atoms with Crippen molar-refractivity contribution in [1.29, 1.82) is 0 Å². The van der Waals surface area contributed by atoms with Crippen molar-refractivity contribution in [3.63, 3.8) is 0 Å². The molecule has 2 rings (SSSR count). The van der Waals surface area contributed by atoms with E-state index in [0.717, 1.165) is 45.0 Å². The molecule has 5 nitrogen and oxygen atoms in total. The molecule has 116 valence electrons. The third-order valence-electron chi connectivity index (χ3n) is 3.74. The van der Waals surface area contributed by atoms with Gasteiger partial charge in [-0.25, -0.2) is 0 Å². The molecule has 21 heavy (non-hydrogen) atoms. The van der Waals surface area contributed by atoms with Crippen molar-refractivity contribution in [1.82, 2.24) is 9.80 Å². The number of hydrogen-bond acceptors (Lipinski definition) is 5. The maximum atomic E-state index is 11.1. The summed E-state index contributed by atoms with van der Waals surface area (Å²) < 4.78 is 10.4. The number of benzene rings is 1. The Kier molecular flexibility index (Phi) is 6.50. The van der Waals surface area contributed by atoms with Gasteiger partial charge in [-0.2, -0.15) is 0 Å². The summed E-state index contributed by atoms with van der Waals surface area (Å²) >= 11 is 0. The van der Waals surface area contributed by atoms with Crippen LogP contribution in [0.2, 0.25) is 0 Å². The van der Waals surface area contributed by atoms with Gasteiger partial charge in [-0.3, -0.25) is 9.69 Å². The van der Waals surface area contributed by atoms with E-state index >= 15 is 0 Å². The van der Waals surface area contributed by atoms with Gasteiger partial charge in [0.25, 0.3) is 0 Å². The predicted octanol–water partition coefficient (Wildman–Crippen LogP) is 1.25. The Morgan fingerprint density at radius 2 is 1.67 bits per heavy atom. The average molecular weight is 292 g/mol. The first-order chi connectivity index (χ1) is 10.3. The number of esters is 1. The lowest BCUT2D eigenvalue weighted by molar-refractivity contribution is -0.141. The molecule has 1 aromatic carbocycles. The maximum absolute atomic E-state index is 11.1. The average Bonchev–Trinajstić information content (AvgIpc) is 2.55. The second-order valence-electron chi connectivity index (χ2n) is 5.17. The van der Waals surface area contributed by atoms with Crippen LogP contribution < -0.4 is 4.74 Å². The monoisotopic (exact) mass is 292 g/mol. The number of carbonyl (C=O) groups excluding carboxylic acids is 1. The third-order valence-corrected chi connectivity index (χ3v) is 3.74.